The summed E-state index contributed by atoms with van der Waals surface area (Å²) in [6, 6.07) is 1.45. The molecule has 14 heavy (non-hydrogen) atoms. The minimum atomic E-state index is -0.406. The zero-order valence-electron chi connectivity index (χ0n) is 8.36. The first-order valence-corrected chi connectivity index (χ1v) is 4.46. The Morgan fingerprint density at radius 1 is 1.21 bits per heavy atom. The summed E-state index contributed by atoms with van der Waals surface area (Å²) in [6.45, 7) is 3.44. The molecule has 78 valence electrons. The lowest BCUT2D eigenvalue weighted by Crippen LogP contribution is -2.28. The number of aromatic nitrogens is 2. The Balaban J connectivity index is 2.75. The summed E-state index contributed by atoms with van der Waals surface area (Å²) in [5.74, 6) is 0.440. The number of aryl methyl sites for hydroxylation is 2. The molecule has 5 nitrogen and oxygen atoms in total. The van der Waals surface area contributed by atoms with E-state index in [4.69, 9.17) is 10.2 Å². The van der Waals surface area contributed by atoms with Gasteiger partial charge in [0, 0.05) is 11.4 Å². The molecule has 1 heterocycles. The van der Waals surface area contributed by atoms with E-state index in [0.717, 1.165) is 11.4 Å². The van der Waals surface area contributed by atoms with E-state index in [0.29, 0.717) is 5.95 Å². The maximum atomic E-state index is 8.85. The molecule has 0 saturated heterocycles. The van der Waals surface area contributed by atoms with Gasteiger partial charge in [0.05, 0.1) is 19.3 Å². The molecule has 3 N–H and O–H groups in total. The largest absolute Gasteiger partial charge is 0.394 e. The Morgan fingerprint density at radius 2 is 1.71 bits per heavy atom. The van der Waals surface area contributed by atoms with Crippen LogP contribution in [0.1, 0.15) is 11.4 Å². The number of hydrogen-bond donors (Lipinski definition) is 3. The van der Waals surface area contributed by atoms with Crippen LogP contribution in [0.15, 0.2) is 6.07 Å². The van der Waals surface area contributed by atoms with Crippen LogP contribution in [0.4, 0.5) is 5.95 Å². The van der Waals surface area contributed by atoms with E-state index in [2.05, 4.69) is 15.3 Å². The summed E-state index contributed by atoms with van der Waals surface area (Å²) in [7, 11) is 0. The van der Waals surface area contributed by atoms with Gasteiger partial charge in [0.15, 0.2) is 0 Å². The normalized spacial score (nSPS) is 10.6. The first kappa shape index (κ1) is 10.9. The molecule has 0 atom stereocenters. The highest BCUT2D eigenvalue weighted by Crippen LogP contribution is 2.04. The smallest absolute Gasteiger partial charge is 0.223 e. The Labute approximate surface area is 82.8 Å². The molecule has 0 aliphatic carbocycles. The van der Waals surface area contributed by atoms with Crippen LogP contribution in [0.2, 0.25) is 0 Å². The molecular weight excluding hydrogens is 182 g/mol. The van der Waals surface area contributed by atoms with Gasteiger partial charge in [-0.2, -0.15) is 0 Å². The zero-order chi connectivity index (χ0) is 10.6. The SMILES string of the molecule is Cc1cc(C)nc(NC(CO)CO)n1. The Morgan fingerprint density at radius 3 is 2.14 bits per heavy atom. The van der Waals surface area contributed by atoms with Crippen LogP contribution in [0.25, 0.3) is 0 Å². The van der Waals surface area contributed by atoms with Crippen LogP contribution in [-0.2, 0) is 0 Å². The molecule has 5 heteroatoms. The summed E-state index contributed by atoms with van der Waals surface area (Å²) >= 11 is 0. The molecule has 0 fully saturated rings. The van der Waals surface area contributed by atoms with E-state index in [9.17, 15) is 0 Å². The van der Waals surface area contributed by atoms with Crippen LogP contribution in [0, 0.1) is 13.8 Å². The van der Waals surface area contributed by atoms with E-state index in [1.54, 1.807) is 0 Å². The average molecular weight is 197 g/mol. The standard InChI is InChI=1S/C9H15N3O2/c1-6-3-7(2)11-9(10-6)12-8(4-13)5-14/h3,8,13-14H,4-5H2,1-2H3,(H,10,11,12). The van der Waals surface area contributed by atoms with Gasteiger partial charge in [0.25, 0.3) is 0 Å². The summed E-state index contributed by atoms with van der Waals surface area (Å²) in [5, 5.41) is 20.5. The number of rotatable bonds is 4. The molecule has 0 unspecified atom stereocenters. The second kappa shape index (κ2) is 4.88. The lowest BCUT2D eigenvalue weighted by atomic mass is 10.3. The molecule has 0 aromatic carbocycles. The molecule has 1 rings (SSSR count). The third-order valence-corrected chi connectivity index (χ3v) is 1.76. The second-order valence-corrected chi connectivity index (χ2v) is 3.18. The summed E-state index contributed by atoms with van der Waals surface area (Å²) in [6.07, 6.45) is 0. The van der Waals surface area contributed by atoms with Crippen molar-refractivity contribution in [2.75, 3.05) is 18.5 Å². The Hall–Kier alpha value is -1.20. The van der Waals surface area contributed by atoms with Crippen molar-refractivity contribution in [1.82, 2.24) is 9.97 Å². The molecular formula is C9H15N3O2. The quantitative estimate of drug-likeness (QED) is 0.626. The van der Waals surface area contributed by atoms with E-state index >= 15 is 0 Å². The molecule has 1 aromatic heterocycles. The van der Waals surface area contributed by atoms with Crippen molar-refractivity contribution >= 4 is 5.95 Å². The number of nitrogens with one attached hydrogen (secondary N) is 1. The first-order valence-electron chi connectivity index (χ1n) is 4.46. The fourth-order valence-corrected chi connectivity index (χ4v) is 1.12. The number of aliphatic hydroxyl groups is 2. The van der Waals surface area contributed by atoms with E-state index < -0.39 is 6.04 Å². The summed E-state index contributed by atoms with van der Waals surface area (Å²) in [4.78, 5) is 8.25. The van der Waals surface area contributed by atoms with Gasteiger partial charge < -0.3 is 15.5 Å². The molecule has 0 amide bonds. The van der Waals surface area contributed by atoms with Gasteiger partial charge in [-0.25, -0.2) is 9.97 Å². The van der Waals surface area contributed by atoms with Gasteiger partial charge in [-0.3, -0.25) is 0 Å². The van der Waals surface area contributed by atoms with E-state index in [1.165, 1.54) is 0 Å². The lowest BCUT2D eigenvalue weighted by Gasteiger charge is -2.13. The van der Waals surface area contributed by atoms with Crippen molar-refractivity contribution in [3.8, 4) is 0 Å². The third-order valence-electron chi connectivity index (χ3n) is 1.76. The molecule has 1 aromatic rings. The zero-order valence-corrected chi connectivity index (χ0v) is 8.36. The lowest BCUT2D eigenvalue weighted by molar-refractivity contribution is 0.203. The predicted molar refractivity (Wildman–Crippen MR) is 53.1 cm³/mol. The highest BCUT2D eigenvalue weighted by atomic mass is 16.3. The van der Waals surface area contributed by atoms with Gasteiger partial charge in [0.1, 0.15) is 0 Å². The second-order valence-electron chi connectivity index (χ2n) is 3.18. The van der Waals surface area contributed by atoms with Crippen LogP contribution in [-0.4, -0.2) is 39.4 Å². The third kappa shape index (κ3) is 2.93. The van der Waals surface area contributed by atoms with Gasteiger partial charge in [-0.15, -0.1) is 0 Å². The topological polar surface area (TPSA) is 78.3 Å². The van der Waals surface area contributed by atoms with Gasteiger partial charge in [0.2, 0.25) is 5.95 Å². The molecule has 0 aliphatic rings. The highest BCUT2D eigenvalue weighted by Gasteiger charge is 2.07. The molecule has 0 bridgehead atoms. The van der Waals surface area contributed by atoms with Crippen molar-refractivity contribution in [1.29, 1.82) is 0 Å². The minimum Gasteiger partial charge on any atom is -0.394 e. The number of anilines is 1. The van der Waals surface area contributed by atoms with Gasteiger partial charge in [-0.05, 0) is 19.9 Å². The fraction of sp³-hybridized carbons (Fsp3) is 0.556. The highest BCUT2D eigenvalue weighted by molar-refractivity contribution is 5.29. The van der Waals surface area contributed by atoms with Crippen molar-refractivity contribution < 1.29 is 10.2 Å². The maximum Gasteiger partial charge on any atom is 0.223 e. The van der Waals surface area contributed by atoms with Crippen LogP contribution < -0.4 is 5.32 Å². The van der Waals surface area contributed by atoms with Gasteiger partial charge >= 0.3 is 0 Å². The predicted octanol–water partition coefficient (Wildman–Crippen LogP) is -0.141. The monoisotopic (exact) mass is 197 g/mol. The molecule has 0 radical (unpaired) electrons. The number of nitrogens with zero attached hydrogens (tertiary/aromatic N) is 2. The summed E-state index contributed by atoms with van der Waals surface area (Å²) < 4.78 is 0. The minimum absolute atomic E-state index is 0.146. The Kier molecular flexibility index (Phi) is 3.79. The van der Waals surface area contributed by atoms with Crippen LogP contribution >= 0.6 is 0 Å². The first-order chi connectivity index (χ1) is 6.65. The molecule has 0 aliphatic heterocycles. The fourth-order valence-electron chi connectivity index (χ4n) is 1.12. The maximum absolute atomic E-state index is 8.85. The Bertz CT molecular complexity index is 280. The number of aliphatic hydroxyl groups excluding tert-OH is 2. The van der Waals surface area contributed by atoms with Crippen molar-refractivity contribution in [2.45, 2.75) is 19.9 Å². The van der Waals surface area contributed by atoms with Crippen LogP contribution in [0.3, 0.4) is 0 Å². The van der Waals surface area contributed by atoms with Gasteiger partial charge in [-0.1, -0.05) is 0 Å². The van der Waals surface area contributed by atoms with Crippen LogP contribution in [0.5, 0.6) is 0 Å². The van der Waals surface area contributed by atoms with E-state index in [1.807, 2.05) is 19.9 Å². The molecule has 0 spiro atoms. The molecule has 0 saturated carbocycles. The van der Waals surface area contributed by atoms with Crippen molar-refractivity contribution in [3.63, 3.8) is 0 Å². The average Bonchev–Trinajstić information content (AvgIpc) is 2.12. The summed E-state index contributed by atoms with van der Waals surface area (Å²) in [5.41, 5.74) is 1.71. The number of hydrogen-bond acceptors (Lipinski definition) is 5. The van der Waals surface area contributed by atoms with E-state index in [-0.39, 0.29) is 13.2 Å². The van der Waals surface area contributed by atoms with Crippen molar-refractivity contribution in [3.05, 3.63) is 17.5 Å². The van der Waals surface area contributed by atoms with Crippen molar-refractivity contribution in [2.24, 2.45) is 0 Å².